The molecule has 1 saturated heterocycles. The molecule has 1 aliphatic heterocycles. The maximum atomic E-state index is 3.41. The predicted octanol–water partition coefficient (Wildman–Crippen LogP) is 1.86. The van der Waals surface area contributed by atoms with E-state index >= 15 is 0 Å². The van der Waals surface area contributed by atoms with Crippen molar-refractivity contribution in [2.75, 3.05) is 52.4 Å². The zero-order chi connectivity index (χ0) is 11.2. The van der Waals surface area contributed by atoms with Crippen LogP contribution in [0.5, 0.6) is 0 Å². The first-order chi connectivity index (χ1) is 7.88. The van der Waals surface area contributed by atoms with Crippen molar-refractivity contribution >= 4 is 24.8 Å². The van der Waals surface area contributed by atoms with Gasteiger partial charge in [0.1, 0.15) is 0 Å². The van der Waals surface area contributed by atoms with Gasteiger partial charge in [-0.15, -0.1) is 24.8 Å². The van der Waals surface area contributed by atoms with Crippen molar-refractivity contribution in [3.63, 3.8) is 0 Å². The van der Waals surface area contributed by atoms with E-state index in [1.807, 2.05) is 0 Å². The second-order valence-corrected chi connectivity index (χ2v) is 5.34. The molecular formula is C13H29Cl2N3. The molecule has 0 aromatic heterocycles. The molecule has 110 valence electrons. The van der Waals surface area contributed by atoms with Gasteiger partial charge in [-0.2, -0.15) is 0 Å². The number of halogens is 2. The Morgan fingerprint density at radius 3 is 2.33 bits per heavy atom. The molecule has 0 bridgehead atoms. The van der Waals surface area contributed by atoms with E-state index in [-0.39, 0.29) is 24.8 Å². The Kier molecular flexibility index (Phi) is 10.5. The van der Waals surface area contributed by atoms with Crippen molar-refractivity contribution in [2.45, 2.75) is 26.2 Å². The number of hydrogen-bond donors (Lipinski definition) is 1. The van der Waals surface area contributed by atoms with Crippen molar-refractivity contribution < 1.29 is 0 Å². The summed E-state index contributed by atoms with van der Waals surface area (Å²) >= 11 is 0. The van der Waals surface area contributed by atoms with Crippen molar-refractivity contribution in [3.8, 4) is 0 Å². The fraction of sp³-hybridized carbons (Fsp3) is 1.00. The summed E-state index contributed by atoms with van der Waals surface area (Å²) in [4.78, 5) is 5.28. The minimum absolute atomic E-state index is 0. The van der Waals surface area contributed by atoms with E-state index in [0.717, 1.165) is 5.92 Å². The van der Waals surface area contributed by atoms with Crippen LogP contribution in [-0.4, -0.2) is 62.2 Å². The first kappa shape index (κ1) is 18.5. The lowest BCUT2D eigenvalue weighted by molar-refractivity contribution is 0.184. The van der Waals surface area contributed by atoms with Gasteiger partial charge in [0.25, 0.3) is 0 Å². The highest BCUT2D eigenvalue weighted by molar-refractivity contribution is 5.85. The Balaban J connectivity index is 0.00000144. The zero-order valence-corrected chi connectivity index (χ0v) is 13.2. The summed E-state index contributed by atoms with van der Waals surface area (Å²) in [5.74, 6) is 1.04. The standard InChI is InChI=1S/C13H27N3.2ClH/c1-2-7-16(12-13-3-4-13)11-10-15-8-5-14-6-9-15;;/h13-14H,2-12H2,1H3;2*1H. The highest BCUT2D eigenvalue weighted by atomic mass is 35.5. The van der Waals surface area contributed by atoms with Gasteiger partial charge in [0.2, 0.25) is 0 Å². The molecule has 18 heavy (non-hydrogen) atoms. The third kappa shape index (κ3) is 7.15. The van der Waals surface area contributed by atoms with E-state index < -0.39 is 0 Å². The van der Waals surface area contributed by atoms with E-state index in [4.69, 9.17) is 0 Å². The van der Waals surface area contributed by atoms with E-state index in [1.165, 1.54) is 71.6 Å². The van der Waals surface area contributed by atoms with Crippen LogP contribution >= 0.6 is 24.8 Å². The summed E-state index contributed by atoms with van der Waals surface area (Å²) in [6.45, 7) is 12.3. The molecule has 0 aromatic carbocycles. The molecule has 0 spiro atoms. The van der Waals surface area contributed by atoms with Crippen LogP contribution in [0.2, 0.25) is 0 Å². The van der Waals surface area contributed by atoms with Crippen LogP contribution < -0.4 is 5.32 Å². The molecule has 1 heterocycles. The van der Waals surface area contributed by atoms with Crippen molar-refractivity contribution in [1.29, 1.82) is 0 Å². The Hall–Kier alpha value is 0.460. The minimum atomic E-state index is 0. The van der Waals surface area contributed by atoms with Crippen LogP contribution in [-0.2, 0) is 0 Å². The smallest absolute Gasteiger partial charge is 0.0110 e. The summed E-state index contributed by atoms with van der Waals surface area (Å²) in [5, 5.41) is 3.41. The van der Waals surface area contributed by atoms with Gasteiger partial charge >= 0.3 is 0 Å². The highest BCUT2D eigenvalue weighted by Gasteiger charge is 2.24. The normalized spacial score (nSPS) is 20.3. The number of nitrogens with one attached hydrogen (secondary N) is 1. The third-order valence-electron chi connectivity index (χ3n) is 3.70. The van der Waals surface area contributed by atoms with Crippen LogP contribution in [0.15, 0.2) is 0 Å². The minimum Gasteiger partial charge on any atom is -0.314 e. The molecular weight excluding hydrogens is 269 g/mol. The largest absolute Gasteiger partial charge is 0.314 e. The van der Waals surface area contributed by atoms with E-state index in [0.29, 0.717) is 0 Å². The first-order valence-corrected chi connectivity index (χ1v) is 7.04. The quantitative estimate of drug-likeness (QED) is 0.774. The fourth-order valence-corrected chi connectivity index (χ4v) is 2.49. The van der Waals surface area contributed by atoms with Crippen LogP contribution in [0.3, 0.4) is 0 Å². The fourth-order valence-electron chi connectivity index (χ4n) is 2.49. The molecule has 1 saturated carbocycles. The van der Waals surface area contributed by atoms with Gasteiger partial charge in [-0.3, -0.25) is 4.90 Å². The molecule has 2 rings (SSSR count). The van der Waals surface area contributed by atoms with Crippen molar-refractivity contribution in [2.24, 2.45) is 5.92 Å². The van der Waals surface area contributed by atoms with E-state index in [1.54, 1.807) is 0 Å². The zero-order valence-electron chi connectivity index (χ0n) is 11.6. The predicted molar refractivity (Wildman–Crippen MR) is 83.3 cm³/mol. The number of hydrogen-bond acceptors (Lipinski definition) is 3. The topological polar surface area (TPSA) is 18.5 Å². The molecule has 0 radical (unpaired) electrons. The first-order valence-electron chi connectivity index (χ1n) is 7.04. The molecule has 0 amide bonds. The summed E-state index contributed by atoms with van der Waals surface area (Å²) in [6, 6.07) is 0. The average Bonchev–Trinajstić information content (AvgIpc) is 3.12. The lowest BCUT2D eigenvalue weighted by Gasteiger charge is -2.30. The molecule has 3 nitrogen and oxygen atoms in total. The Bertz CT molecular complexity index is 195. The van der Waals surface area contributed by atoms with E-state index in [9.17, 15) is 0 Å². The third-order valence-corrected chi connectivity index (χ3v) is 3.70. The summed E-state index contributed by atoms with van der Waals surface area (Å²) in [6.07, 6.45) is 4.26. The maximum Gasteiger partial charge on any atom is 0.0110 e. The Morgan fingerprint density at radius 1 is 1.11 bits per heavy atom. The second-order valence-electron chi connectivity index (χ2n) is 5.34. The van der Waals surface area contributed by atoms with Crippen LogP contribution in [0, 0.1) is 5.92 Å². The van der Waals surface area contributed by atoms with E-state index in [2.05, 4.69) is 22.0 Å². The highest BCUT2D eigenvalue weighted by Crippen LogP contribution is 2.29. The monoisotopic (exact) mass is 297 g/mol. The van der Waals surface area contributed by atoms with Crippen LogP contribution in [0.1, 0.15) is 26.2 Å². The van der Waals surface area contributed by atoms with Gasteiger partial charge in [0.15, 0.2) is 0 Å². The summed E-state index contributed by atoms with van der Waals surface area (Å²) in [7, 11) is 0. The van der Waals surface area contributed by atoms with Gasteiger partial charge in [0.05, 0.1) is 0 Å². The molecule has 2 aliphatic rings. The maximum absolute atomic E-state index is 3.41. The molecule has 0 aromatic rings. The summed E-state index contributed by atoms with van der Waals surface area (Å²) < 4.78 is 0. The second kappa shape index (κ2) is 10.3. The molecule has 2 fully saturated rings. The molecule has 1 aliphatic carbocycles. The lowest BCUT2D eigenvalue weighted by Crippen LogP contribution is -2.46. The molecule has 5 heteroatoms. The molecule has 1 N–H and O–H groups in total. The molecule has 0 unspecified atom stereocenters. The van der Waals surface area contributed by atoms with Crippen molar-refractivity contribution in [1.82, 2.24) is 15.1 Å². The van der Waals surface area contributed by atoms with Crippen LogP contribution in [0.25, 0.3) is 0 Å². The van der Waals surface area contributed by atoms with Gasteiger partial charge in [-0.05, 0) is 31.7 Å². The van der Waals surface area contributed by atoms with Gasteiger partial charge in [-0.25, -0.2) is 0 Å². The van der Waals surface area contributed by atoms with Gasteiger partial charge in [0, 0.05) is 45.8 Å². The van der Waals surface area contributed by atoms with Crippen LogP contribution in [0.4, 0.5) is 0 Å². The molecule has 0 atom stereocenters. The SMILES string of the molecule is CCCN(CCN1CCNCC1)CC1CC1.Cl.Cl. The number of nitrogens with zero attached hydrogens (tertiary/aromatic N) is 2. The number of rotatable bonds is 7. The Labute approximate surface area is 124 Å². The number of piperazine rings is 1. The van der Waals surface area contributed by atoms with Gasteiger partial charge in [-0.1, -0.05) is 6.92 Å². The summed E-state index contributed by atoms with van der Waals surface area (Å²) in [5.41, 5.74) is 0. The lowest BCUT2D eigenvalue weighted by atomic mass is 10.3. The average molecular weight is 298 g/mol. The van der Waals surface area contributed by atoms with Crippen molar-refractivity contribution in [3.05, 3.63) is 0 Å². The van der Waals surface area contributed by atoms with Gasteiger partial charge < -0.3 is 10.2 Å². The Morgan fingerprint density at radius 2 is 1.78 bits per heavy atom.